The zero-order chi connectivity index (χ0) is 26.4. The van der Waals surface area contributed by atoms with Gasteiger partial charge in [0.2, 0.25) is 5.91 Å². The standard InChI is InChI=1S/C27H34ClN5O3S/c1-3-17-36-23-9-7-21(8-10-23)29-25(34)19-24-26(35)33(22-6-4-5-20(28)18-22)27(37)32(24)16-15-31-13-11-30(2)12-14-31/h4-10,18,24H,3,11-17,19H2,1-2H3,(H,29,34)/t24-/m0/s1. The molecule has 0 unspecified atom stereocenters. The lowest BCUT2D eigenvalue weighted by Gasteiger charge is -2.34. The van der Waals surface area contributed by atoms with Gasteiger partial charge in [-0.25, -0.2) is 0 Å². The normalized spacial score (nSPS) is 18.9. The fraction of sp³-hybridized carbons (Fsp3) is 0.444. The highest BCUT2D eigenvalue weighted by molar-refractivity contribution is 7.80. The number of halogens is 1. The van der Waals surface area contributed by atoms with E-state index < -0.39 is 6.04 Å². The van der Waals surface area contributed by atoms with Crippen molar-refractivity contribution in [2.75, 3.05) is 63.1 Å². The number of ether oxygens (including phenoxy) is 1. The molecule has 2 aliphatic rings. The number of thiocarbonyl (C=S) groups is 1. The monoisotopic (exact) mass is 543 g/mol. The Labute approximate surface area is 229 Å². The zero-order valence-corrected chi connectivity index (χ0v) is 22.9. The Bertz CT molecular complexity index is 1110. The van der Waals surface area contributed by atoms with Crippen molar-refractivity contribution in [3.05, 3.63) is 53.6 Å². The van der Waals surface area contributed by atoms with Crippen LogP contribution in [0.5, 0.6) is 5.75 Å². The van der Waals surface area contributed by atoms with E-state index in [0.717, 1.165) is 44.9 Å². The summed E-state index contributed by atoms with van der Waals surface area (Å²) in [7, 11) is 2.12. The van der Waals surface area contributed by atoms with Gasteiger partial charge in [0.1, 0.15) is 11.8 Å². The van der Waals surface area contributed by atoms with E-state index in [0.29, 0.717) is 34.7 Å². The van der Waals surface area contributed by atoms with E-state index in [1.54, 1.807) is 36.4 Å². The van der Waals surface area contributed by atoms with E-state index in [1.165, 1.54) is 4.90 Å². The summed E-state index contributed by atoms with van der Waals surface area (Å²) in [5.41, 5.74) is 1.26. The summed E-state index contributed by atoms with van der Waals surface area (Å²) in [5, 5.41) is 3.83. The molecule has 0 spiro atoms. The molecular formula is C27H34ClN5O3S. The minimum Gasteiger partial charge on any atom is -0.494 e. The molecule has 0 aromatic heterocycles. The Kier molecular flexibility index (Phi) is 9.37. The fourth-order valence-electron chi connectivity index (χ4n) is 4.50. The first-order valence-electron chi connectivity index (χ1n) is 12.7. The van der Waals surface area contributed by atoms with Crippen molar-refractivity contribution >= 4 is 52.1 Å². The third kappa shape index (κ3) is 6.98. The number of rotatable bonds is 10. The van der Waals surface area contributed by atoms with Gasteiger partial charge >= 0.3 is 0 Å². The number of nitrogens with one attached hydrogen (secondary N) is 1. The van der Waals surface area contributed by atoms with Gasteiger partial charge in [0, 0.05) is 50.0 Å². The Balaban J connectivity index is 1.46. The fourth-order valence-corrected chi connectivity index (χ4v) is 5.10. The molecule has 2 saturated heterocycles. The van der Waals surface area contributed by atoms with Crippen LogP contribution in [-0.2, 0) is 9.59 Å². The molecule has 198 valence electrons. The second-order valence-corrected chi connectivity index (χ2v) is 10.2. The number of anilines is 2. The number of carbonyl (C=O) groups excluding carboxylic acids is 2. The van der Waals surface area contributed by atoms with E-state index in [2.05, 4.69) is 22.2 Å². The number of benzene rings is 2. The second-order valence-electron chi connectivity index (χ2n) is 9.42. The number of hydrogen-bond acceptors (Lipinski definition) is 6. The van der Waals surface area contributed by atoms with Crippen LogP contribution in [0, 0.1) is 0 Å². The summed E-state index contributed by atoms with van der Waals surface area (Å²) in [6.45, 7) is 7.96. The van der Waals surface area contributed by atoms with Gasteiger partial charge in [0.25, 0.3) is 5.91 Å². The van der Waals surface area contributed by atoms with E-state index in [1.807, 2.05) is 24.0 Å². The average Bonchev–Trinajstić information content (AvgIpc) is 3.11. The lowest BCUT2D eigenvalue weighted by atomic mass is 10.1. The third-order valence-electron chi connectivity index (χ3n) is 6.63. The maximum absolute atomic E-state index is 13.6. The quantitative estimate of drug-likeness (QED) is 0.458. The number of nitrogens with zero attached hydrogens (tertiary/aromatic N) is 4. The molecule has 0 saturated carbocycles. The minimum atomic E-state index is -0.689. The first-order chi connectivity index (χ1) is 17.9. The van der Waals surface area contributed by atoms with Crippen molar-refractivity contribution in [1.82, 2.24) is 14.7 Å². The Morgan fingerprint density at radius 1 is 1.11 bits per heavy atom. The lowest BCUT2D eigenvalue weighted by Crippen LogP contribution is -2.48. The Morgan fingerprint density at radius 3 is 2.51 bits per heavy atom. The van der Waals surface area contributed by atoms with Crippen LogP contribution in [-0.4, -0.2) is 90.6 Å². The first-order valence-corrected chi connectivity index (χ1v) is 13.5. The molecule has 2 aliphatic heterocycles. The van der Waals surface area contributed by atoms with Crippen LogP contribution in [0.15, 0.2) is 48.5 Å². The van der Waals surface area contributed by atoms with Crippen molar-refractivity contribution in [3.63, 3.8) is 0 Å². The van der Waals surface area contributed by atoms with Crippen LogP contribution < -0.4 is 15.0 Å². The Hall–Kier alpha value is -2.72. The van der Waals surface area contributed by atoms with Crippen LogP contribution in [0.25, 0.3) is 0 Å². The van der Waals surface area contributed by atoms with Gasteiger partial charge in [-0.15, -0.1) is 0 Å². The van der Waals surface area contributed by atoms with Gasteiger partial charge in [0.15, 0.2) is 5.11 Å². The van der Waals surface area contributed by atoms with Crippen LogP contribution >= 0.6 is 23.8 Å². The van der Waals surface area contributed by atoms with Crippen LogP contribution in [0.1, 0.15) is 19.8 Å². The molecule has 37 heavy (non-hydrogen) atoms. The first kappa shape index (κ1) is 27.3. The largest absolute Gasteiger partial charge is 0.494 e. The minimum absolute atomic E-state index is 0.00708. The van der Waals surface area contributed by atoms with Gasteiger partial charge in [-0.1, -0.05) is 24.6 Å². The van der Waals surface area contributed by atoms with Crippen molar-refractivity contribution in [2.45, 2.75) is 25.8 Å². The molecule has 4 rings (SSSR count). The van der Waals surface area contributed by atoms with Gasteiger partial charge < -0.3 is 19.9 Å². The third-order valence-corrected chi connectivity index (χ3v) is 7.28. The molecule has 0 bridgehead atoms. The predicted octanol–water partition coefficient (Wildman–Crippen LogP) is 3.71. The van der Waals surface area contributed by atoms with Gasteiger partial charge in [-0.2, -0.15) is 0 Å². The molecule has 2 heterocycles. The maximum Gasteiger partial charge on any atom is 0.256 e. The van der Waals surface area contributed by atoms with Gasteiger partial charge in [-0.3, -0.25) is 19.4 Å². The highest BCUT2D eigenvalue weighted by Crippen LogP contribution is 2.29. The number of likely N-dealkylation sites (N-methyl/N-ethyl adjacent to an activating group) is 1. The van der Waals surface area contributed by atoms with Gasteiger partial charge in [-0.05, 0) is 68.2 Å². The van der Waals surface area contributed by atoms with Gasteiger partial charge in [0.05, 0.1) is 18.7 Å². The molecule has 1 atom stereocenters. The molecule has 2 aromatic carbocycles. The number of carbonyl (C=O) groups is 2. The summed E-state index contributed by atoms with van der Waals surface area (Å²) in [4.78, 5) is 34.7. The summed E-state index contributed by atoms with van der Waals surface area (Å²) in [6, 6.07) is 13.6. The summed E-state index contributed by atoms with van der Waals surface area (Å²) < 4.78 is 5.61. The van der Waals surface area contributed by atoms with E-state index >= 15 is 0 Å². The van der Waals surface area contributed by atoms with E-state index in [-0.39, 0.29) is 18.2 Å². The molecule has 1 N–H and O–H groups in total. The smallest absolute Gasteiger partial charge is 0.256 e. The average molecular weight is 544 g/mol. The van der Waals surface area contributed by atoms with Crippen LogP contribution in [0.3, 0.4) is 0 Å². The molecule has 8 nitrogen and oxygen atoms in total. The molecule has 0 radical (unpaired) electrons. The Morgan fingerprint density at radius 2 is 1.84 bits per heavy atom. The molecule has 10 heteroatoms. The number of amides is 2. The highest BCUT2D eigenvalue weighted by Gasteiger charge is 2.44. The number of piperazine rings is 1. The molecular weight excluding hydrogens is 510 g/mol. The summed E-state index contributed by atoms with van der Waals surface area (Å²) in [5.74, 6) is 0.286. The highest BCUT2D eigenvalue weighted by atomic mass is 35.5. The maximum atomic E-state index is 13.6. The van der Waals surface area contributed by atoms with Crippen molar-refractivity contribution in [3.8, 4) is 5.75 Å². The van der Waals surface area contributed by atoms with Crippen LogP contribution in [0.2, 0.25) is 5.02 Å². The van der Waals surface area contributed by atoms with Crippen LogP contribution in [0.4, 0.5) is 11.4 Å². The molecule has 2 amide bonds. The number of hydrogen-bond donors (Lipinski definition) is 1. The lowest BCUT2D eigenvalue weighted by molar-refractivity contribution is -0.124. The second kappa shape index (κ2) is 12.7. The summed E-state index contributed by atoms with van der Waals surface area (Å²) >= 11 is 12.0. The molecule has 2 fully saturated rings. The van der Waals surface area contributed by atoms with E-state index in [9.17, 15) is 9.59 Å². The molecule has 0 aliphatic carbocycles. The van der Waals surface area contributed by atoms with E-state index in [4.69, 9.17) is 28.6 Å². The van der Waals surface area contributed by atoms with Crippen molar-refractivity contribution < 1.29 is 14.3 Å². The van der Waals surface area contributed by atoms with Crippen molar-refractivity contribution in [1.29, 1.82) is 0 Å². The topological polar surface area (TPSA) is 68.4 Å². The van der Waals surface area contributed by atoms with Crippen molar-refractivity contribution in [2.24, 2.45) is 0 Å². The zero-order valence-electron chi connectivity index (χ0n) is 21.4. The molecule has 2 aromatic rings. The SMILES string of the molecule is CCCOc1ccc(NC(=O)C[C@H]2C(=O)N(c3cccc(Cl)c3)C(=S)N2CCN2CCN(C)CC2)cc1. The summed E-state index contributed by atoms with van der Waals surface area (Å²) in [6.07, 6.45) is 0.917. The predicted molar refractivity (Wildman–Crippen MR) is 151 cm³/mol.